The van der Waals surface area contributed by atoms with Crippen molar-refractivity contribution in [2.24, 2.45) is 0 Å². The Labute approximate surface area is 118 Å². The van der Waals surface area contributed by atoms with Gasteiger partial charge >= 0.3 is 0 Å². The highest BCUT2D eigenvalue weighted by molar-refractivity contribution is 5.81. The quantitative estimate of drug-likeness (QED) is 0.807. The van der Waals surface area contributed by atoms with Crippen LogP contribution in [0.15, 0.2) is 30.6 Å². The maximum absolute atomic E-state index is 11.8. The first-order chi connectivity index (χ1) is 9.84. The van der Waals surface area contributed by atoms with Crippen molar-refractivity contribution in [2.45, 2.75) is 31.8 Å². The molecule has 2 aromatic rings. The van der Waals surface area contributed by atoms with Crippen molar-refractivity contribution >= 4 is 16.9 Å². The summed E-state index contributed by atoms with van der Waals surface area (Å²) in [4.78, 5) is 16.2. The number of hydrogen-bond donors (Lipinski definition) is 2. The monoisotopic (exact) mass is 272 g/mol. The van der Waals surface area contributed by atoms with Gasteiger partial charge in [0.05, 0.1) is 23.4 Å². The summed E-state index contributed by atoms with van der Waals surface area (Å²) in [5, 5.41) is 6.21. The van der Waals surface area contributed by atoms with Gasteiger partial charge in [0.15, 0.2) is 0 Å². The fraction of sp³-hybridized carbons (Fsp3) is 0.467. The smallest absolute Gasteiger partial charge is 0.237 e. The molecule has 0 radical (unpaired) electrons. The zero-order chi connectivity index (χ0) is 13.8. The molecule has 3 rings (SSSR count). The predicted molar refractivity (Wildman–Crippen MR) is 78.4 cm³/mol. The van der Waals surface area contributed by atoms with E-state index in [0.717, 1.165) is 43.4 Å². The lowest BCUT2D eigenvalue weighted by Gasteiger charge is -2.11. The SMILES string of the molecule is O=C(NCCCn1cnc2ccccc21)C1CCCN1. The molecule has 1 aromatic carbocycles. The van der Waals surface area contributed by atoms with Gasteiger partial charge in [-0.2, -0.15) is 0 Å². The number of nitrogens with zero attached hydrogens (tertiary/aromatic N) is 2. The van der Waals surface area contributed by atoms with Crippen molar-refractivity contribution in [1.82, 2.24) is 20.2 Å². The van der Waals surface area contributed by atoms with Gasteiger partial charge in [-0.25, -0.2) is 4.98 Å². The van der Waals surface area contributed by atoms with Crippen molar-refractivity contribution in [3.63, 3.8) is 0 Å². The molecule has 1 aliphatic rings. The number of aryl methyl sites for hydroxylation is 1. The zero-order valence-corrected chi connectivity index (χ0v) is 11.5. The molecule has 0 bridgehead atoms. The van der Waals surface area contributed by atoms with Gasteiger partial charge in [-0.3, -0.25) is 4.79 Å². The van der Waals surface area contributed by atoms with E-state index in [-0.39, 0.29) is 11.9 Å². The molecule has 20 heavy (non-hydrogen) atoms. The van der Waals surface area contributed by atoms with Crippen LogP contribution in [0.3, 0.4) is 0 Å². The highest BCUT2D eigenvalue weighted by Gasteiger charge is 2.21. The Morgan fingerprint density at radius 2 is 2.35 bits per heavy atom. The number of nitrogens with one attached hydrogen (secondary N) is 2. The van der Waals surface area contributed by atoms with Crippen molar-refractivity contribution in [3.8, 4) is 0 Å². The fourth-order valence-corrected chi connectivity index (χ4v) is 2.68. The Hall–Kier alpha value is -1.88. The standard InChI is InChI=1S/C15H20N4O/c20-15(13-6-3-8-16-13)17-9-4-10-19-11-18-12-5-1-2-7-14(12)19/h1-2,5,7,11,13,16H,3-4,6,8-10H2,(H,17,20). The first-order valence-electron chi connectivity index (χ1n) is 7.25. The number of para-hydroxylation sites is 2. The molecule has 0 aliphatic carbocycles. The van der Waals surface area contributed by atoms with Crippen LogP contribution in [-0.2, 0) is 11.3 Å². The Balaban J connectivity index is 1.47. The third kappa shape index (κ3) is 2.82. The van der Waals surface area contributed by atoms with E-state index in [0.29, 0.717) is 6.54 Å². The first-order valence-corrected chi connectivity index (χ1v) is 7.25. The number of fused-ring (bicyclic) bond motifs is 1. The second kappa shape index (κ2) is 6.05. The van der Waals surface area contributed by atoms with E-state index in [1.165, 1.54) is 0 Å². The molecule has 5 nitrogen and oxygen atoms in total. The van der Waals surface area contributed by atoms with Crippen molar-refractivity contribution in [2.75, 3.05) is 13.1 Å². The third-order valence-electron chi connectivity index (χ3n) is 3.78. The molecule has 0 saturated carbocycles. The summed E-state index contributed by atoms with van der Waals surface area (Å²) in [6, 6.07) is 8.12. The molecule has 0 spiro atoms. The lowest BCUT2D eigenvalue weighted by Crippen LogP contribution is -2.40. The maximum atomic E-state index is 11.8. The summed E-state index contributed by atoms with van der Waals surface area (Å²) in [6.07, 6.45) is 4.83. The van der Waals surface area contributed by atoms with E-state index in [9.17, 15) is 4.79 Å². The molecule has 2 N–H and O–H groups in total. The van der Waals surface area contributed by atoms with Gasteiger partial charge < -0.3 is 15.2 Å². The highest BCUT2D eigenvalue weighted by Crippen LogP contribution is 2.11. The first kappa shape index (κ1) is 13.1. The van der Waals surface area contributed by atoms with Gasteiger partial charge in [0.25, 0.3) is 0 Å². The Morgan fingerprint density at radius 3 is 3.20 bits per heavy atom. The van der Waals surface area contributed by atoms with Gasteiger partial charge in [-0.15, -0.1) is 0 Å². The zero-order valence-electron chi connectivity index (χ0n) is 11.5. The second-order valence-electron chi connectivity index (χ2n) is 5.22. The van der Waals surface area contributed by atoms with Crippen LogP contribution in [0.2, 0.25) is 0 Å². The summed E-state index contributed by atoms with van der Waals surface area (Å²) in [5.41, 5.74) is 2.17. The molecule has 1 aromatic heterocycles. The summed E-state index contributed by atoms with van der Waals surface area (Å²) < 4.78 is 2.13. The van der Waals surface area contributed by atoms with Gasteiger partial charge in [-0.05, 0) is 37.9 Å². The van der Waals surface area contributed by atoms with Crippen molar-refractivity contribution in [1.29, 1.82) is 0 Å². The summed E-state index contributed by atoms with van der Waals surface area (Å²) in [6.45, 7) is 2.54. The van der Waals surface area contributed by atoms with E-state index in [4.69, 9.17) is 0 Å². The number of benzene rings is 1. The van der Waals surface area contributed by atoms with Crippen molar-refractivity contribution < 1.29 is 4.79 Å². The lowest BCUT2D eigenvalue weighted by atomic mass is 10.2. The van der Waals surface area contributed by atoms with Gasteiger partial charge in [0, 0.05) is 13.1 Å². The molecule has 5 heteroatoms. The van der Waals surface area contributed by atoms with Crippen LogP contribution in [0.5, 0.6) is 0 Å². The number of aromatic nitrogens is 2. The summed E-state index contributed by atoms with van der Waals surface area (Å²) in [7, 11) is 0. The Morgan fingerprint density at radius 1 is 1.45 bits per heavy atom. The maximum Gasteiger partial charge on any atom is 0.237 e. The summed E-state index contributed by atoms with van der Waals surface area (Å²) in [5.74, 6) is 0.137. The number of carbonyl (C=O) groups excluding carboxylic acids is 1. The van der Waals surface area contributed by atoms with Gasteiger partial charge in [0.2, 0.25) is 5.91 Å². The molecule has 1 saturated heterocycles. The molecular formula is C15H20N4O. The van der Waals surface area contributed by atoms with E-state index in [1.807, 2.05) is 24.5 Å². The van der Waals surface area contributed by atoms with Crippen molar-refractivity contribution in [3.05, 3.63) is 30.6 Å². The largest absolute Gasteiger partial charge is 0.355 e. The minimum atomic E-state index is 0.0177. The average Bonchev–Trinajstić information content (AvgIpc) is 3.13. The highest BCUT2D eigenvalue weighted by atomic mass is 16.2. The van der Waals surface area contributed by atoms with Crippen LogP contribution >= 0.6 is 0 Å². The average molecular weight is 272 g/mol. The molecule has 1 atom stereocenters. The number of hydrogen-bond acceptors (Lipinski definition) is 3. The molecular weight excluding hydrogens is 252 g/mol. The lowest BCUT2D eigenvalue weighted by molar-refractivity contribution is -0.122. The molecule has 1 unspecified atom stereocenters. The number of carbonyl (C=O) groups is 1. The molecule has 1 aliphatic heterocycles. The number of imidazole rings is 1. The van der Waals surface area contributed by atoms with Gasteiger partial charge in [-0.1, -0.05) is 12.1 Å². The Bertz CT molecular complexity index is 586. The van der Waals surface area contributed by atoms with E-state index in [2.05, 4.69) is 26.3 Å². The molecule has 1 fully saturated rings. The van der Waals surface area contributed by atoms with E-state index in [1.54, 1.807) is 0 Å². The van der Waals surface area contributed by atoms with Crippen LogP contribution in [0.4, 0.5) is 0 Å². The minimum absolute atomic E-state index is 0.0177. The second-order valence-corrected chi connectivity index (χ2v) is 5.22. The Kier molecular flexibility index (Phi) is 3.97. The molecule has 106 valence electrons. The van der Waals surface area contributed by atoms with Crippen LogP contribution in [0.25, 0.3) is 11.0 Å². The third-order valence-corrected chi connectivity index (χ3v) is 3.78. The fourth-order valence-electron chi connectivity index (χ4n) is 2.68. The molecule has 1 amide bonds. The number of amides is 1. The van der Waals surface area contributed by atoms with Crippen LogP contribution < -0.4 is 10.6 Å². The van der Waals surface area contributed by atoms with Crippen LogP contribution in [-0.4, -0.2) is 34.6 Å². The predicted octanol–water partition coefficient (Wildman–Crippen LogP) is 1.29. The van der Waals surface area contributed by atoms with E-state index >= 15 is 0 Å². The van der Waals surface area contributed by atoms with Gasteiger partial charge in [0.1, 0.15) is 0 Å². The normalized spacial score (nSPS) is 18.5. The topological polar surface area (TPSA) is 59.0 Å². The number of rotatable bonds is 5. The summed E-state index contributed by atoms with van der Waals surface area (Å²) >= 11 is 0. The van der Waals surface area contributed by atoms with E-state index < -0.39 is 0 Å². The minimum Gasteiger partial charge on any atom is -0.355 e. The van der Waals surface area contributed by atoms with Crippen LogP contribution in [0, 0.1) is 0 Å². The van der Waals surface area contributed by atoms with Crippen LogP contribution in [0.1, 0.15) is 19.3 Å². The molecule has 2 heterocycles.